The van der Waals surface area contributed by atoms with E-state index >= 15 is 0 Å². The largest absolute Gasteiger partial charge is 0.469 e. The van der Waals surface area contributed by atoms with Crippen molar-refractivity contribution >= 4 is 23.4 Å². The Labute approximate surface area is 101 Å². The van der Waals surface area contributed by atoms with Crippen LogP contribution in [-0.4, -0.2) is 18.9 Å². The molecule has 0 unspecified atom stereocenters. The summed E-state index contributed by atoms with van der Waals surface area (Å²) in [5, 5.41) is -0.658. The Kier molecular flexibility index (Phi) is 4.57. The van der Waals surface area contributed by atoms with Gasteiger partial charge in [-0.1, -0.05) is 11.6 Å². The second-order valence-electron chi connectivity index (χ2n) is 3.25. The van der Waals surface area contributed by atoms with Crippen molar-refractivity contribution in [2.45, 2.75) is 12.8 Å². The highest BCUT2D eigenvalue weighted by Gasteiger charge is 2.14. The molecule has 0 fully saturated rings. The molecular formula is C11H9ClF2O3. The van der Waals surface area contributed by atoms with Crippen LogP contribution in [0.2, 0.25) is 5.02 Å². The van der Waals surface area contributed by atoms with Gasteiger partial charge in [-0.05, 0) is 12.1 Å². The van der Waals surface area contributed by atoms with Crippen LogP contribution in [0.3, 0.4) is 0 Å². The van der Waals surface area contributed by atoms with E-state index in [-0.39, 0.29) is 18.4 Å². The molecule has 0 saturated carbocycles. The minimum Gasteiger partial charge on any atom is -0.469 e. The number of ether oxygens (including phenoxy) is 1. The SMILES string of the molecule is COC(=O)CCC(=O)c1cc(F)c(Cl)c(F)c1. The number of esters is 1. The summed E-state index contributed by atoms with van der Waals surface area (Å²) < 4.78 is 30.4. The van der Waals surface area contributed by atoms with Crippen molar-refractivity contribution in [1.82, 2.24) is 0 Å². The molecule has 0 aliphatic carbocycles. The van der Waals surface area contributed by atoms with Gasteiger partial charge >= 0.3 is 5.97 Å². The highest BCUT2D eigenvalue weighted by atomic mass is 35.5. The number of benzene rings is 1. The fourth-order valence-corrected chi connectivity index (χ4v) is 1.29. The van der Waals surface area contributed by atoms with Crippen molar-refractivity contribution in [2.75, 3.05) is 7.11 Å². The predicted molar refractivity (Wildman–Crippen MR) is 56.9 cm³/mol. The van der Waals surface area contributed by atoms with Gasteiger partial charge in [0, 0.05) is 12.0 Å². The third-order valence-corrected chi connectivity index (χ3v) is 2.45. The van der Waals surface area contributed by atoms with Gasteiger partial charge in [0.2, 0.25) is 0 Å². The number of methoxy groups -OCH3 is 1. The van der Waals surface area contributed by atoms with Crippen molar-refractivity contribution < 1.29 is 23.1 Å². The maximum atomic E-state index is 13.0. The van der Waals surface area contributed by atoms with Crippen LogP contribution in [-0.2, 0) is 9.53 Å². The molecule has 1 rings (SSSR count). The summed E-state index contributed by atoms with van der Waals surface area (Å²) in [7, 11) is 1.19. The van der Waals surface area contributed by atoms with Gasteiger partial charge in [-0.3, -0.25) is 9.59 Å². The lowest BCUT2D eigenvalue weighted by atomic mass is 10.1. The fraction of sp³-hybridized carbons (Fsp3) is 0.273. The lowest BCUT2D eigenvalue weighted by Gasteiger charge is -2.03. The van der Waals surface area contributed by atoms with Gasteiger partial charge in [-0.25, -0.2) is 8.78 Å². The van der Waals surface area contributed by atoms with Crippen molar-refractivity contribution in [3.8, 4) is 0 Å². The van der Waals surface area contributed by atoms with Gasteiger partial charge in [0.05, 0.1) is 13.5 Å². The number of hydrogen-bond donors (Lipinski definition) is 0. The zero-order chi connectivity index (χ0) is 13.0. The van der Waals surface area contributed by atoms with Crippen molar-refractivity contribution in [1.29, 1.82) is 0 Å². The molecule has 0 amide bonds. The first-order valence-electron chi connectivity index (χ1n) is 4.70. The number of rotatable bonds is 4. The van der Waals surface area contributed by atoms with E-state index in [0.717, 1.165) is 12.1 Å². The Bertz CT molecular complexity index is 437. The van der Waals surface area contributed by atoms with Gasteiger partial charge in [-0.2, -0.15) is 0 Å². The summed E-state index contributed by atoms with van der Waals surface area (Å²) in [6.45, 7) is 0. The van der Waals surface area contributed by atoms with E-state index in [1.165, 1.54) is 7.11 Å². The van der Waals surface area contributed by atoms with E-state index in [1.807, 2.05) is 0 Å². The van der Waals surface area contributed by atoms with Crippen LogP contribution in [0.5, 0.6) is 0 Å². The quantitative estimate of drug-likeness (QED) is 0.476. The maximum Gasteiger partial charge on any atom is 0.305 e. The van der Waals surface area contributed by atoms with Crippen LogP contribution in [0.15, 0.2) is 12.1 Å². The first-order chi connectivity index (χ1) is 7.95. The molecule has 0 aliphatic heterocycles. The highest BCUT2D eigenvalue weighted by molar-refractivity contribution is 6.31. The van der Waals surface area contributed by atoms with Gasteiger partial charge in [0.15, 0.2) is 5.78 Å². The molecule has 17 heavy (non-hydrogen) atoms. The predicted octanol–water partition coefficient (Wildman–Crippen LogP) is 2.75. The number of ketones is 1. The average Bonchev–Trinajstić information content (AvgIpc) is 2.31. The van der Waals surface area contributed by atoms with Crippen LogP contribution in [0.1, 0.15) is 23.2 Å². The number of Topliss-reactive ketones (excluding diaryl/α,β-unsaturated/α-hetero) is 1. The molecule has 0 bridgehead atoms. The minimum absolute atomic E-state index is 0.138. The fourth-order valence-electron chi connectivity index (χ4n) is 1.18. The average molecular weight is 263 g/mol. The highest BCUT2D eigenvalue weighted by Crippen LogP contribution is 2.21. The Balaban J connectivity index is 2.80. The van der Waals surface area contributed by atoms with Crippen molar-refractivity contribution in [3.05, 3.63) is 34.4 Å². The molecule has 0 aliphatic rings. The molecule has 0 N–H and O–H groups in total. The van der Waals surface area contributed by atoms with Crippen molar-refractivity contribution in [2.24, 2.45) is 0 Å². The van der Waals surface area contributed by atoms with Gasteiger partial charge in [0.1, 0.15) is 16.7 Å². The van der Waals surface area contributed by atoms with Crippen LogP contribution in [0, 0.1) is 11.6 Å². The van der Waals surface area contributed by atoms with Gasteiger partial charge in [0.25, 0.3) is 0 Å². The molecule has 0 spiro atoms. The smallest absolute Gasteiger partial charge is 0.305 e. The first-order valence-corrected chi connectivity index (χ1v) is 5.08. The van der Waals surface area contributed by atoms with Crippen LogP contribution in [0.25, 0.3) is 0 Å². The molecule has 1 aromatic rings. The molecule has 1 aromatic carbocycles. The number of halogens is 3. The lowest BCUT2D eigenvalue weighted by Crippen LogP contribution is -2.07. The molecule has 3 nitrogen and oxygen atoms in total. The summed E-state index contributed by atoms with van der Waals surface area (Å²) in [6.07, 6.45) is -0.311. The van der Waals surface area contributed by atoms with Gasteiger partial charge in [-0.15, -0.1) is 0 Å². The normalized spacial score (nSPS) is 10.1. The standard InChI is InChI=1S/C11H9ClF2O3/c1-17-10(16)3-2-9(15)6-4-7(13)11(12)8(14)5-6/h4-5H,2-3H2,1H3. The monoisotopic (exact) mass is 262 g/mol. The molecule has 0 aromatic heterocycles. The van der Waals surface area contributed by atoms with E-state index in [4.69, 9.17) is 11.6 Å². The van der Waals surface area contributed by atoms with E-state index < -0.39 is 28.4 Å². The van der Waals surface area contributed by atoms with Gasteiger partial charge < -0.3 is 4.74 Å². The second kappa shape index (κ2) is 5.72. The van der Waals surface area contributed by atoms with E-state index in [0.29, 0.717) is 0 Å². The van der Waals surface area contributed by atoms with Crippen LogP contribution < -0.4 is 0 Å². The topological polar surface area (TPSA) is 43.4 Å². The molecule has 0 saturated heterocycles. The maximum absolute atomic E-state index is 13.0. The second-order valence-corrected chi connectivity index (χ2v) is 3.63. The molecule has 6 heteroatoms. The first kappa shape index (κ1) is 13.6. The van der Waals surface area contributed by atoms with E-state index in [2.05, 4.69) is 4.74 Å². The third kappa shape index (κ3) is 3.49. The summed E-state index contributed by atoms with van der Waals surface area (Å²) in [4.78, 5) is 22.3. The number of hydrogen-bond acceptors (Lipinski definition) is 3. The Morgan fingerprint density at radius 3 is 2.24 bits per heavy atom. The van der Waals surface area contributed by atoms with E-state index in [1.54, 1.807) is 0 Å². The summed E-state index contributed by atoms with van der Waals surface area (Å²) >= 11 is 5.27. The minimum atomic E-state index is -1.01. The molecule has 0 radical (unpaired) electrons. The molecule has 0 heterocycles. The third-order valence-electron chi connectivity index (χ3n) is 2.09. The summed E-state index contributed by atoms with van der Waals surface area (Å²) in [6, 6.07) is 1.68. The Hall–Kier alpha value is -1.49. The zero-order valence-corrected chi connectivity index (χ0v) is 9.68. The molecule has 0 atom stereocenters. The number of carbonyl (C=O) groups is 2. The zero-order valence-electron chi connectivity index (χ0n) is 8.93. The van der Waals surface area contributed by atoms with E-state index in [9.17, 15) is 18.4 Å². The summed E-state index contributed by atoms with van der Waals surface area (Å²) in [5.74, 6) is -3.13. The summed E-state index contributed by atoms with van der Waals surface area (Å²) in [5.41, 5.74) is -0.159. The van der Waals surface area contributed by atoms with Crippen LogP contribution in [0.4, 0.5) is 8.78 Å². The molecule has 92 valence electrons. The van der Waals surface area contributed by atoms with Crippen LogP contribution >= 0.6 is 11.6 Å². The Morgan fingerprint density at radius 2 is 1.76 bits per heavy atom. The Morgan fingerprint density at radius 1 is 1.24 bits per heavy atom. The molecular weight excluding hydrogens is 254 g/mol. The lowest BCUT2D eigenvalue weighted by molar-refractivity contribution is -0.140. The number of carbonyl (C=O) groups excluding carboxylic acids is 2. The van der Waals surface area contributed by atoms with Crippen molar-refractivity contribution in [3.63, 3.8) is 0 Å².